The summed E-state index contributed by atoms with van der Waals surface area (Å²) < 4.78 is 11.8. The lowest BCUT2D eigenvalue weighted by Gasteiger charge is -2.36. The topological polar surface area (TPSA) is 136 Å². The van der Waals surface area contributed by atoms with Gasteiger partial charge >= 0.3 is 0 Å². The molecule has 3 N–H and O–H groups in total. The van der Waals surface area contributed by atoms with Crippen molar-refractivity contribution in [2.24, 2.45) is 5.92 Å². The van der Waals surface area contributed by atoms with Crippen molar-refractivity contribution < 1.29 is 24.3 Å². The number of nitrogens with one attached hydrogen (secondary N) is 2. The third-order valence-corrected chi connectivity index (χ3v) is 6.16. The Morgan fingerprint density at radius 1 is 1.36 bits per heavy atom. The van der Waals surface area contributed by atoms with Crippen molar-refractivity contribution in [3.05, 3.63) is 62.7 Å². The maximum atomic E-state index is 12.8. The van der Waals surface area contributed by atoms with E-state index < -0.39 is 11.2 Å². The summed E-state index contributed by atoms with van der Waals surface area (Å²) >= 11 is 1.61. The lowest BCUT2D eigenvalue weighted by atomic mass is 9.84. The number of carbonyl (C=O) groups excluding carboxylic acids is 1. The summed E-state index contributed by atoms with van der Waals surface area (Å²) in [5.41, 5.74) is -0.0864. The van der Waals surface area contributed by atoms with E-state index in [2.05, 4.69) is 15.6 Å². The quantitative estimate of drug-likeness (QED) is 0.242. The van der Waals surface area contributed by atoms with Crippen LogP contribution in [0.3, 0.4) is 0 Å². The molecule has 1 aliphatic rings. The van der Waals surface area contributed by atoms with Crippen LogP contribution in [-0.2, 0) is 14.3 Å². The highest BCUT2D eigenvalue weighted by atomic mass is 32.1. The molecule has 0 aromatic carbocycles. The molecule has 3 rings (SSSR count). The normalized spacial score (nSPS) is 19.9. The smallest absolute Gasteiger partial charge is 0.287 e. The van der Waals surface area contributed by atoms with E-state index in [0.717, 1.165) is 4.88 Å². The molecule has 0 aliphatic carbocycles. The number of hydrogen-bond acceptors (Lipinski definition) is 9. The van der Waals surface area contributed by atoms with Gasteiger partial charge in [-0.15, -0.1) is 11.3 Å². The average Bonchev–Trinajstić information content (AvgIpc) is 3.36. The first-order chi connectivity index (χ1) is 16.0. The van der Waals surface area contributed by atoms with Gasteiger partial charge in [0, 0.05) is 49.1 Å². The number of amides is 1. The van der Waals surface area contributed by atoms with E-state index in [1.807, 2.05) is 30.5 Å². The molecule has 0 bridgehead atoms. The number of ether oxygens (including phenoxy) is 2. The van der Waals surface area contributed by atoms with E-state index in [9.17, 15) is 20.0 Å². The van der Waals surface area contributed by atoms with Gasteiger partial charge in [0.1, 0.15) is 12.0 Å². The third-order valence-electron chi connectivity index (χ3n) is 5.18. The SMILES string of the molecule is CCO[C@@H]1OC(C(=O)NCCNc2ccc([N+](=O)[O-])cn2)=C[C@H](c2cccs2)[C@H]1CCCO. The molecule has 0 saturated carbocycles. The van der Waals surface area contributed by atoms with E-state index in [0.29, 0.717) is 38.4 Å². The van der Waals surface area contributed by atoms with Gasteiger partial charge < -0.3 is 25.2 Å². The summed E-state index contributed by atoms with van der Waals surface area (Å²) in [6.45, 7) is 3.09. The number of aromatic nitrogens is 1. The van der Waals surface area contributed by atoms with Crippen LogP contribution in [0.25, 0.3) is 0 Å². The molecular weight excluding hydrogens is 448 g/mol. The van der Waals surface area contributed by atoms with E-state index in [4.69, 9.17) is 9.47 Å². The summed E-state index contributed by atoms with van der Waals surface area (Å²) in [6, 6.07) is 6.88. The molecule has 11 heteroatoms. The van der Waals surface area contributed by atoms with Gasteiger partial charge in [-0.25, -0.2) is 4.98 Å². The molecule has 2 aromatic rings. The van der Waals surface area contributed by atoms with Crippen molar-refractivity contribution in [3.63, 3.8) is 0 Å². The fraction of sp³-hybridized carbons (Fsp3) is 0.455. The fourth-order valence-corrected chi connectivity index (χ4v) is 4.50. The predicted octanol–water partition coefficient (Wildman–Crippen LogP) is 3.03. The van der Waals surface area contributed by atoms with Crippen LogP contribution in [0.2, 0.25) is 0 Å². The number of nitrogens with zero attached hydrogens (tertiary/aromatic N) is 2. The molecule has 1 amide bonds. The number of aliphatic hydroxyl groups excluding tert-OH is 1. The molecule has 178 valence electrons. The van der Waals surface area contributed by atoms with Gasteiger partial charge in [-0.05, 0) is 43.4 Å². The molecule has 2 aromatic heterocycles. The molecule has 3 heterocycles. The minimum Gasteiger partial charge on any atom is -0.459 e. The zero-order valence-corrected chi connectivity index (χ0v) is 19.1. The van der Waals surface area contributed by atoms with E-state index in [1.165, 1.54) is 18.3 Å². The number of hydrogen-bond donors (Lipinski definition) is 3. The predicted molar refractivity (Wildman–Crippen MR) is 124 cm³/mol. The molecule has 0 saturated heterocycles. The van der Waals surface area contributed by atoms with Crippen LogP contribution in [0.15, 0.2) is 47.7 Å². The standard InChI is InChI=1S/C22H28N4O6S/c1-2-31-22-16(5-3-11-27)17(19-6-4-12-33-19)13-18(32-22)21(28)24-10-9-23-20-8-7-15(14-25-20)26(29)30/h4,6-8,12-14,16-17,22,27H,2-3,5,9-11H2,1H3,(H,23,25)(H,24,28)/t16-,17+,22-/m1/s1. The van der Waals surface area contributed by atoms with Gasteiger partial charge in [-0.3, -0.25) is 14.9 Å². The summed E-state index contributed by atoms with van der Waals surface area (Å²) in [5, 5.41) is 27.8. The number of nitro groups is 1. The first-order valence-electron chi connectivity index (χ1n) is 10.8. The second kappa shape index (κ2) is 12.3. The van der Waals surface area contributed by atoms with Gasteiger partial charge in [-0.2, -0.15) is 0 Å². The van der Waals surface area contributed by atoms with Crippen molar-refractivity contribution in [2.75, 3.05) is 31.6 Å². The molecule has 0 fully saturated rings. The van der Waals surface area contributed by atoms with Crippen LogP contribution in [0.5, 0.6) is 0 Å². The molecule has 0 unspecified atom stereocenters. The Kier molecular flexibility index (Phi) is 9.16. The van der Waals surface area contributed by atoms with Gasteiger partial charge in [0.05, 0.1) is 4.92 Å². The Balaban J connectivity index is 1.62. The Morgan fingerprint density at radius 2 is 2.21 bits per heavy atom. The number of thiophene rings is 1. The maximum absolute atomic E-state index is 12.8. The molecular formula is C22H28N4O6S. The number of rotatable bonds is 12. The highest BCUT2D eigenvalue weighted by Gasteiger charge is 2.38. The molecule has 1 aliphatic heterocycles. The van der Waals surface area contributed by atoms with Crippen LogP contribution in [0.1, 0.15) is 30.6 Å². The highest BCUT2D eigenvalue weighted by Crippen LogP contribution is 2.40. The second-order valence-electron chi connectivity index (χ2n) is 7.38. The molecule has 0 radical (unpaired) electrons. The van der Waals surface area contributed by atoms with Gasteiger partial charge in [0.25, 0.3) is 11.6 Å². The van der Waals surface area contributed by atoms with Crippen molar-refractivity contribution in [2.45, 2.75) is 32.0 Å². The zero-order chi connectivity index (χ0) is 23.6. The van der Waals surface area contributed by atoms with E-state index in [-0.39, 0.29) is 35.8 Å². The number of carbonyl (C=O) groups is 1. The van der Waals surface area contributed by atoms with Crippen molar-refractivity contribution in [1.82, 2.24) is 10.3 Å². The minimum absolute atomic E-state index is 0.0119. The van der Waals surface area contributed by atoms with Gasteiger partial charge in [0.2, 0.25) is 6.29 Å². The number of allylic oxidation sites excluding steroid dienone is 1. The Bertz CT molecular complexity index is 935. The number of pyridine rings is 1. The molecule has 3 atom stereocenters. The maximum Gasteiger partial charge on any atom is 0.287 e. The van der Waals surface area contributed by atoms with Crippen molar-refractivity contribution in [1.29, 1.82) is 0 Å². The first kappa shape index (κ1) is 24.6. The van der Waals surface area contributed by atoms with Crippen LogP contribution < -0.4 is 10.6 Å². The Hall–Kier alpha value is -3.02. The third kappa shape index (κ3) is 6.73. The second-order valence-corrected chi connectivity index (χ2v) is 8.36. The first-order valence-corrected chi connectivity index (χ1v) is 11.7. The van der Waals surface area contributed by atoms with E-state index in [1.54, 1.807) is 11.3 Å². The molecule has 10 nitrogen and oxygen atoms in total. The number of anilines is 1. The van der Waals surface area contributed by atoms with Gasteiger partial charge in [-0.1, -0.05) is 6.07 Å². The average molecular weight is 477 g/mol. The van der Waals surface area contributed by atoms with Crippen LogP contribution in [0.4, 0.5) is 11.5 Å². The monoisotopic (exact) mass is 476 g/mol. The van der Waals surface area contributed by atoms with Crippen LogP contribution in [0, 0.1) is 16.0 Å². The summed E-state index contributed by atoms with van der Waals surface area (Å²) in [4.78, 5) is 28.1. The van der Waals surface area contributed by atoms with Crippen LogP contribution >= 0.6 is 11.3 Å². The molecule has 33 heavy (non-hydrogen) atoms. The minimum atomic E-state index is -0.582. The Labute approximate surface area is 195 Å². The number of aliphatic hydroxyl groups is 1. The van der Waals surface area contributed by atoms with Crippen molar-refractivity contribution in [3.8, 4) is 0 Å². The molecule has 0 spiro atoms. The van der Waals surface area contributed by atoms with Crippen molar-refractivity contribution >= 4 is 28.7 Å². The lowest BCUT2D eigenvalue weighted by Crippen LogP contribution is -2.39. The summed E-state index contributed by atoms with van der Waals surface area (Å²) in [6.07, 6.45) is 3.76. The fourth-order valence-electron chi connectivity index (χ4n) is 3.63. The van der Waals surface area contributed by atoms with Crippen LogP contribution in [-0.4, -0.2) is 53.5 Å². The highest BCUT2D eigenvalue weighted by molar-refractivity contribution is 7.10. The summed E-state index contributed by atoms with van der Waals surface area (Å²) in [7, 11) is 0. The van der Waals surface area contributed by atoms with Gasteiger partial charge in [0.15, 0.2) is 5.76 Å². The summed E-state index contributed by atoms with van der Waals surface area (Å²) in [5.74, 6) is 0.275. The zero-order valence-electron chi connectivity index (χ0n) is 18.3. The Morgan fingerprint density at radius 3 is 2.85 bits per heavy atom. The van der Waals surface area contributed by atoms with E-state index >= 15 is 0 Å². The lowest BCUT2D eigenvalue weighted by molar-refractivity contribution is -0.385. The largest absolute Gasteiger partial charge is 0.459 e.